The lowest BCUT2D eigenvalue weighted by Crippen LogP contribution is -2.34. The van der Waals surface area contributed by atoms with Gasteiger partial charge in [-0.05, 0) is 37.6 Å². The van der Waals surface area contributed by atoms with Crippen molar-refractivity contribution < 1.29 is 4.79 Å². The largest absolute Gasteiger partial charge is 0.324 e. The highest BCUT2D eigenvalue weighted by Crippen LogP contribution is 2.15. The minimum atomic E-state index is -0.402. The van der Waals surface area contributed by atoms with Crippen LogP contribution in [0.15, 0.2) is 52.1 Å². The lowest BCUT2D eigenvalue weighted by atomic mass is 10.1. The van der Waals surface area contributed by atoms with Gasteiger partial charge in [-0.25, -0.2) is 4.68 Å². The van der Waals surface area contributed by atoms with Crippen LogP contribution in [0.4, 0.5) is 5.69 Å². The van der Waals surface area contributed by atoms with Crippen molar-refractivity contribution in [2.24, 2.45) is 0 Å². The number of anilines is 1. The molecule has 2 aromatic carbocycles. The molecule has 1 amide bonds. The molecule has 0 saturated heterocycles. The number of nitrogens with zero attached hydrogens (tertiary/aromatic N) is 1. The van der Waals surface area contributed by atoms with Crippen molar-refractivity contribution in [1.29, 1.82) is 0 Å². The first kappa shape index (κ1) is 15.7. The second kappa shape index (κ2) is 6.16. The van der Waals surface area contributed by atoms with Crippen LogP contribution in [0.25, 0.3) is 10.8 Å². The monoisotopic (exact) mass is 323 g/mol. The lowest BCUT2D eigenvalue weighted by Gasteiger charge is -2.10. The molecule has 3 aromatic rings. The number of H-pyrrole nitrogens is 1. The number of carbonyl (C=O) groups is 1. The lowest BCUT2D eigenvalue weighted by molar-refractivity contribution is -0.117. The van der Waals surface area contributed by atoms with Crippen LogP contribution in [0.2, 0.25) is 0 Å². The van der Waals surface area contributed by atoms with Gasteiger partial charge in [0.2, 0.25) is 5.91 Å². The molecule has 0 bridgehead atoms. The number of aromatic amines is 1. The predicted molar refractivity (Wildman–Crippen MR) is 93.4 cm³/mol. The van der Waals surface area contributed by atoms with Crippen LogP contribution < -0.4 is 16.4 Å². The third-order valence-electron chi connectivity index (χ3n) is 3.84. The molecule has 0 aliphatic carbocycles. The fourth-order valence-corrected chi connectivity index (χ4v) is 2.65. The first-order valence-electron chi connectivity index (χ1n) is 7.54. The molecule has 122 valence electrons. The zero-order valence-electron chi connectivity index (χ0n) is 13.4. The van der Waals surface area contributed by atoms with E-state index in [4.69, 9.17) is 0 Å². The average molecular weight is 323 g/mol. The highest BCUT2D eigenvalue weighted by atomic mass is 16.2. The molecule has 6 heteroatoms. The normalized spacial score (nSPS) is 10.8. The minimum absolute atomic E-state index is 0.258. The average Bonchev–Trinajstić information content (AvgIpc) is 2.55. The molecule has 0 spiro atoms. The van der Waals surface area contributed by atoms with E-state index in [9.17, 15) is 14.4 Å². The van der Waals surface area contributed by atoms with Crippen LogP contribution in [0.5, 0.6) is 0 Å². The number of hydrogen-bond acceptors (Lipinski definition) is 3. The molecule has 1 heterocycles. The van der Waals surface area contributed by atoms with E-state index in [-0.39, 0.29) is 12.5 Å². The van der Waals surface area contributed by atoms with Crippen molar-refractivity contribution in [2.45, 2.75) is 20.4 Å². The summed E-state index contributed by atoms with van der Waals surface area (Å²) >= 11 is 0. The molecule has 24 heavy (non-hydrogen) atoms. The minimum Gasteiger partial charge on any atom is -0.324 e. The van der Waals surface area contributed by atoms with Crippen molar-refractivity contribution in [3.05, 3.63) is 74.3 Å². The van der Waals surface area contributed by atoms with E-state index < -0.39 is 11.1 Å². The SMILES string of the molecule is Cc1ccc(NC(=O)Cn2[nH]c(=O)c3ccccc3c2=O)c(C)c1. The number of rotatable bonds is 3. The van der Waals surface area contributed by atoms with E-state index in [1.165, 1.54) is 0 Å². The van der Waals surface area contributed by atoms with Crippen molar-refractivity contribution in [3.63, 3.8) is 0 Å². The highest BCUT2D eigenvalue weighted by Gasteiger charge is 2.11. The van der Waals surface area contributed by atoms with Gasteiger partial charge in [0, 0.05) is 5.69 Å². The number of aryl methyl sites for hydroxylation is 2. The van der Waals surface area contributed by atoms with Gasteiger partial charge in [0.1, 0.15) is 6.54 Å². The Labute approximate surface area is 137 Å². The maximum absolute atomic E-state index is 12.4. The Morgan fingerprint density at radius 2 is 1.79 bits per heavy atom. The predicted octanol–water partition coefficient (Wildman–Crippen LogP) is 1.95. The fourth-order valence-electron chi connectivity index (χ4n) is 2.65. The molecule has 3 rings (SSSR count). The van der Waals surface area contributed by atoms with Crippen LogP contribution in [-0.4, -0.2) is 15.7 Å². The standard InChI is InChI=1S/C18H17N3O3/c1-11-7-8-15(12(2)9-11)19-16(22)10-21-18(24)14-6-4-3-5-13(14)17(23)20-21/h3-9H,10H2,1-2H3,(H,19,22)(H,20,23). The number of benzene rings is 2. The van der Waals surface area contributed by atoms with Gasteiger partial charge in [-0.2, -0.15) is 0 Å². The Hall–Kier alpha value is -3.15. The van der Waals surface area contributed by atoms with E-state index in [1.54, 1.807) is 24.3 Å². The van der Waals surface area contributed by atoms with E-state index in [1.807, 2.05) is 32.0 Å². The molecule has 0 saturated carbocycles. The van der Waals surface area contributed by atoms with Crippen LogP contribution in [-0.2, 0) is 11.3 Å². The van der Waals surface area contributed by atoms with Gasteiger partial charge in [-0.3, -0.25) is 19.5 Å². The molecule has 1 aromatic heterocycles. The summed E-state index contributed by atoms with van der Waals surface area (Å²) in [6.07, 6.45) is 0. The molecule has 0 atom stereocenters. The second-order valence-electron chi connectivity index (χ2n) is 5.74. The maximum atomic E-state index is 12.4. The van der Waals surface area contributed by atoms with Crippen molar-refractivity contribution >= 4 is 22.4 Å². The van der Waals surface area contributed by atoms with Crippen molar-refractivity contribution in [1.82, 2.24) is 9.78 Å². The summed E-state index contributed by atoms with van der Waals surface area (Å²) in [5.41, 5.74) is 1.91. The zero-order valence-corrected chi connectivity index (χ0v) is 13.4. The fraction of sp³-hybridized carbons (Fsp3) is 0.167. The van der Waals surface area contributed by atoms with Gasteiger partial charge >= 0.3 is 0 Å². The van der Waals surface area contributed by atoms with Crippen molar-refractivity contribution in [2.75, 3.05) is 5.32 Å². The summed E-state index contributed by atoms with van der Waals surface area (Å²) in [5, 5.41) is 5.81. The number of fused-ring (bicyclic) bond motifs is 1. The van der Waals surface area contributed by atoms with E-state index in [0.29, 0.717) is 16.5 Å². The van der Waals surface area contributed by atoms with Gasteiger partial charge in [0.05, 0.1) is 10.8 Å². The first-order valence-corrected chi connectivity index (χ1v) is 7.54. The number of carbonyl (C=O) groups excluding carboxylic acids is 1. The third-order valence-corrected chi connectivity index (χ3v) is 3.84. The Bertz CT molecular complexity index is 1050. The molecular formula is C18H17N3O3. The van der Waals surface area contributed by atoms with E-state index in [0.717, 1.165) is 15.8 Å². The van der Waals surface area contributed by atoms with Gasteiger partial charge in [-0.15, -0.1) is 0 Å². The molecule has 0 fully saturated rings. The highest BCUT2D eigenvalue weighted by molar-refractivity contribution is 5.91. The molecule has 0 aliphatic heterocycles. The summed E-state index contributed by atoms with van der Waals surface area (Å²) in [4.78, 5) is 36.7. The quantitative estimate of drug-likeness (QED) is 0.772. The first-order chi connectivity index (χ1) is 11.5. The van der Waals surface area contributed by atoms with Crippen LogP contribution >= 0.6 is 0 Å². The topological polar surface area (TPSA) is 84.0 Å². The summed E-state index contributed by atoms with van der Waals surface area (Å²) in [5.74, 6) is -0.380. The number of amides is 1. The number of hydrogen-bond donors (Lipinski definition) is 2. The summed E-state index contributed by atoms with van der Waals surface area (Å²) in [6, 6.07) is 12.2. The second-order valence-corrected chi connectivity index (χ2v) is 5.74. The molecular weight excluding hydrogens is 306 g/mol. The molecule has 0 unspecified atom stereocenters. The van der Waals surface area contributed by atoms with Gasteiger partial charge in [-0.1, -0.05) is 29.8 Å². The van der Waals surface area contributed by atoms with Crippen LogP contribution in [0.1, 0.15) is 11.1 Å². The van der Waals surface area contributed by atoms with Gasteiger partial charge in [0.15, 0.2) is 0 Å². The molecule has 6 nitrogen and oxygen atoms in total. The Morgan fingerprint density at radius 3 is 2.50 bits per heavy atom. The van der Waals surface area contributed by atoms with Crippen LogP contribution in [0, 0.1) is 13.8 Å². The smallest absolute Gasteiger partial charge is 0.273 e. The number of nitrogens with one attached hydrogen (secondary N) is 2. The number of aromatic nitrogens is 2. The van der Waals surface area contributed by atoms with E-state index >= 15 is 0 Å². The molecule has 0 radical (unpaired) electrons. The summed E-state index contributed by atoms with van der Waals surface area (Å²) < 4.78 is 1.03. The van der Waals surface area contributed by atoms with Gasteiger partial charge in [0.25, 0.3) is 11.1 Å². The Balaban J connectivity index is 1.90. The van der Waals surface area contributed by atoms with Crippen LogP contribution in [0.3, 0.4) is 0 Å². The molecule has 0 aliphatic rings. The Kier molecular flexibility index (Phi) is 4.04. The zero-order chi connectivity index (χ0) is 17.3. The summed E-state index contributed by atoms with van der Waals surface area (Å²) in [7, 11) is 0. The van der Waals surface area contributed by atoms with Gasteiger partial charge < -0.3 is 5.32 Å². The van der Waals surface area contributed by atoms with Crippen molar-refractivity contribution in [3.8, 4) is 0 Å². The molecule has 2 N–H and O–H groups in total. The summed E-state index contributed by atoms with van der Waals surface area (Å²) in [6.45, 7) is 3.61. The maximum Gasteiger partial charge on any atom is 0.273 e. The third kappa shape index (κ3) is 2.99. The van der Waals surface area contributed by atoms with E-state index in [2.05, 4.69) is 10.4 Å². The Morgan fingerprint density at radius 1 is 1.08 bits per heavy atom.